The molecule has 0 bridgehead atoms. The van der Waals surface area contributed by atoms with Crippen molar-refractivity contribution < 1.29 is 22.7 Å². The average Bonchev–Trinajstić information content (AvgIpc) is 2.07. The summed E-state index contributed by atoms with van der Waals surface area (Å²) in [5, 5.41) is 8.74. The SMILES string of the molecule is CC(O)(c1cccc(Cl)c1F)C(F)(F)F. The molecule has 1 aromatic carbocycles. The van der Waals surface area contributed by atoms with E-state index in [9.17, 15) is 22.7 Å². The third-order valence-corrected chi connectivity index (χ3v) is 2.32. The van der Waals surface area contributed by atoms with Gasteiger partial charge < -0.3 is 5.11 Å². The van der Waals surface area contributed by atoms with Crippen LogP contribution in [0.15, 0.2) is 18.2 Å². The highest BCUT2D eigenvalue weighted by Gasteiger charge is 2.52. The fourth-order valence-corrected chi connectivity index (χ4v) is 1.21. The second-order valence-electron chi connectivity index (χ2n) is 3.17. The van der Waals surface area contributed by atoms with Gasteiger partial charge in [0, 0.05) is 5.56 Å². The number of benzene rings is 1. The Morgan fingerprint density at radius 2 is 1.80 bits per heavy atom. The van der Waals surface area contributed by atoms with Crippen molar-refractivity contribution in [2.75, 3.05) is 0 Å². The zero-order valence-electron chi connectivity index (χ0n) is 7.57. The van der Waals surface area contributed by atoms with Crippen molar-refractivity contribution in [3.8, 4) is 0 Å². The van der Waals surface area contributed by atoms with Crippen LogP contribution in [0.2, 0.25) is 5.02 Å². The number of rotatable bonds is 1. The summed E-state index contributed by atoms with van der Waals surface area (Å²) in [5.74, 6) is -1.26. The largest absolute Gasteiger partial charge is 0.421 e. The standard InChI is InChI=1S/C9H7ClF4O/c1-8(15,9(12,13)14)5-3-2-4-6(10)7(5)11/h2-4,15H,1H3. The molecular weight excluding hydrogens is 236 g/mol. The van der Waals surface area contributed by atoms with E-state index in [1.165, 1.54) is 0 Å². The summed E-state index contributed by atoms with van der Waals surface area (Å²) in [6.45, 7) is 0.474. The molecule has 1 unspecified atom stereocenters. The summed E-state index contributed by atoms with van der Waals surface area (Å²) in [6.07, 6.45) is -4.96. The Bertz CT molecular complexity index is 373. The molecule has 0 fully saturated rings. The smallest absolute Gasteiger partial charge is 0.376 e. The lowest BCUT2D eigenvalue weighted by molar-refractivity contribution is -0.259. The van der Waals surface area contributed by atoms with Crippen molar-refractivity contribution in [3.05, 3.63) is 34.6 Å². The van der Waals surface area contributed by atoms with Crippen molar-refractivity contribution in [2.45, 2.75) is 18.7 Å². The second kappa shape index (κ2) is 3.64. The molecular formula is C9H7ClF4O. The van der Waals surface area contributed by atoms with Gasteiger partial charge in [-0.05, 0) is 13.0 Å². The lowest BCUT2D eigenvalue weighted by Gasteiger charge is -2.27. The Kier molecular flexibility index (Phi) is 2.98. The van der Waals surface area contributed by atoms with E-state index >= 15 is 0 Å². The molecule has 0 aromatic heterocycles. The van der Waals surface area contributed by atoms with Crippen LogP contribution in [0.4, 0.5) is 17.6 Å². The maximum atomic E-state index is 13.2. The number of alkyl halides is 3. The van der Waals surface area contributed by atoms with Crippen molar-refractivity contribution >= 4 is 11.6 Å². The van der Waals surface area contributed by atoms with Gasteiger partial charge in [-0.15, -0.1) is 0 Å². The molecule has 6 heteroatoms. The van der Waals surface area contributed by atoms with Crippen LogP contribution in [-0.2, 0) is 5.60 Å². The molecule has 0 aliphatic carbocycles. The molecule has 0 aliphatic heterocycles. The Hall–Kier alpha value is -0.810. The van der Waals surface area contributed by atoms with E-state index in [-0.39, 0.29) is 0 Å². The first-order valence-electron chi connectivity index (χ1n) is 3.91. The molecule has 0 aliphatic rings. The van der Waals surface area contributed by atoms with Gasteiger partial charge in [0.25, 0.3) is 0 Å². The third-order valence-electron chi connectivity index (χ3n) is 2.03. The lowest BCUT2D eigenvalue weighted by Crippen LogP contribution is -2.40. The van der Waals surface area contributed by atoms with E-state index in [1.54, 1.807) is 0 Å². The molecule has 1 atom stereocenters. The van der Waals surface area contributed by atoms with E-state index in [2.05, 4.69) is 0 Å². The number of hydrogen-bond donors (Lipinski definition) is 1. The fraction of sp³-hybridized carbons (Fsp3) is 0.333. The molecule has 0 amide bonds. The molecule has 1 N–H and O–H groups in total. The van der Waals surface area contributed by atoms with E-state index < -0.39 is 28.2 Å². The topological polar surface area (TPSA) is 20.2 Å². The summed E-state index contributed by atoms with van der Waals surface area (Å²) in [5.41, 5.74) is -4.13. The minimum atomic E-state index is -4.96. The van der Waals surface area contributed by atoms with Gasteiger partial charge in [-0.3, -0.25) is 0 Å². The van der Waals surface area contributed by atoms with Crippen molar-refractivity contribution in [2.24, 2.45) is 0 Å². The second-order valence-corrected chi connectivity index (χ2v) is 3.58. The highest BCUT2D eigenvalue weighted by Crippen LogP contribution is 2.40. The van der Waals surface area contributed by atoms with Gasteiger partial charge in [-0.2, -0.15) is 13.2 Å². The molecule has 0 saturated heterocycles. The van der Waals surface area contributed by atoms with Crippen LogP contribution in [0.5, 0.6) is 0 Å². The maximum Gasteiger partial charge on any atom is 0.421 e. The van der Waals surface area contributed by atoms with Crippen LogP contribution in [0, 0.1) is 5.82 Å². The normalized spacial score (nSPS) is 16.2. The minimum Gasteiger partial charge on any atom is -0.376 e. The predicted octanol–water partition coefficient (Wildman–Crippen LogP) is 3.25. The van der Waals surface area contributed by atoms with Gasteiger partial charge in [0.15, 0.2) is 5.60 Å². The summed E-state index contributed by atoms with van der Waals surface area (Å²) < 4.78 is 50.3. The van der Waals surface area contributed by atoms with E-state index in [1.807, 2.05) is 0 Å². The molecule has 0 heterocycles. The summed E-state index contributed by atoms with van der Waals surface area (Å²) in [4.78, 5) is 0. The van der Waals surface area contributed by atoms with E-state index in [0.29, 0.717) is 6.92 Å². The molecule has 1 rings (SSSR count). The van der Waals surface area contributed by atoms with Gasteiger partial charge in [0.05, 0.1) is 5.02 Å². The van der Waals surface area contributed by atoms with Crippen LogP contribution in [0.1, 0.15) is 12.5 Å². The third kappa shape index (κ3) is 2.08. The first-order valence-corrected chi connectivity index (χ1v) is 4.29. The number of hydrogen-bond acceptors (Lipinski definition) is 1. The van der Waals surface area contributed by atoms with E-state index in [4.69, 9.17) is 11.6 Å². The fourth-order valence-electron chi connectivity index (χ4n) is 1.03. The number of halogens is 5. The van der Waals surface area contributed by atoms with Gasteiger partial charge in [-0.25, -0.2) is 4.39 Å². The molecule has 1 aromatic rings. The Labute approximate surface area is 88.3 Å². The summed E-state index contributed by atoms with van der Waals surface area (Å²) >= 11 is 5.32. The van der Waals surface area contributed by atoms with Gasteiger partial charge in [0.2, 0.25) is 0 Å². The van der Waals surface area contributed by atoms with Crippen LogP contribution < -0.4 is 0 Å². The summed E-state index contributed by atoms with van der Waals surface area (Å²) in [6, 6.07) is 3.09. The Morgan fingerprint density at radius 1 is 1.27 bits per heavy atom. The monoisotopic (exact) mass is 242 g/mol. The lowest BCUT2D eigenvalue weighted by atomic mass is 9.95. The zero-order valence-corrected chi connectivity index (χ0v) is 8.33. The highest BCUT2D eigenvalue weighted by atomic mass is 35.5. The molecule has 1 nitrogen and oxygen atoms in total. The van der Waals surface area contributed by atoms with Crippen LogP contribution in [-0.4, -0.2) is 11.3 Å². The van der Waals surface area contributed by atoms with Gasteiger partial charge in [-0.1, -0.05) is 23.7 Å². The molecule has 0 spiro atoms. The van der Waals surface area contributed by atoms with Crippen LogP contribution in [0.3, 0.4) is 0 Å². The minimum absolute atomic E-state index is 0.461. The predicted molar refractivity (Wildman–Crippen MR) is 47.0 cm³/mol. The molecule has 0 radical (unpaired) electrons. The zero-order chi connectivity index (χ0) is 11.9. The Morgan fingerprint density at radius 3 is 2.27 bits per heavy atom. The van der Waals surface area contributed by atoms with Crippen molar-refractivity contribution in [1.29, 1.82) is 0 Å². The molecule has 0 saturated carbocycles. The van der Waals surface area contributed by atoms with Crippen LogP contribution >= 0.6 is 11.6 Å². The van der Waals surface area contributed by atoms with Crippen molar-refractivity contribution in [3.63, 3.8) is 0 Å². The molecule has 84 valence electrons. The quantitative estimate of drug-likeness (QED) is 0.750. The first-order chi connectivity index (χ1) is 6.68. The summed E-state index contributed by atoms with van der Waals surface area (Å²) in [7, 11) is 0. The molecule has 15 heavy (non-hydrogen) atoms. The Balaban J connectivity index is 3.34. The average molecular weight is 243 g/mol. The van der Waals surface area contributed by atoms with Crippen molar-refractivity contribution in [1.82, 2.24) is 0 Å². The highest BCUT2D eigenvalue weighted by molar-refractivity contribution is 6.30. The van der Waals surface area contributed by atoms with E-state index in [0.717, 1.165) is 18.2 Å². The van der Waals surface area contributed by atoms with Gasteiger partial charge in [0.1, 0.15) is 5.82 Å². The van der Waals surface area contributed by atoms with Gasteiger partial charge >= 0.3 is 6.18 Å². The number of aliphatic hydroxyl groups is 1. The first kappa shape index (κ1) is 12.3. The maximum absolute atomic E-state index is 13.2. The van der Waals surface area contributed by atoms with Crippen LogP contribution in [0.25, 0.3) is 0 Å².